The molecule has 1 saturated heterocycles. The summed E-state index contributed by atoms with van der Waals surface area (Å²) in [6.45, 7) is 2.99. The van der Waals surface area contributed by atoms with Gasteiger partial charge in [0.05, 0.1) is 23.4 Å². The first-order valence-electron chi connectivity index (χ1n) is 9.16. The lowest BCUT2D eigenvalue weighted by molar-refractivity contribution is 0.0731. The van der Waals surface area contributed by atoms with Gasteiger partial charge < -0.3 is 18.8 Å². The van der Waals surface area contributed by atoms with Crippen LogP contribution in [0.4, 0.5) is 5.13 Å². The van der Waals surface area contributed by atoms with E-state index < -0.39 is 11.6 Å². The maximum absolute atomic E-state index is 12.6. The second-order valence-electron chi connectivity index (χ2n) is 6.60. The van der Waals surface area contributed by atoms with Crippen LogP contribution >= 0.6 is 11.3 Å². The standard InChI is InChI=1S/C21H16N2O5S/c24-19(15-11-13-3-1-2-4-17(13)28-20(15)25)27-14-5-6-16-18(12-14)29-21(22-16)23-7-9-26-10-8-23/h1-6,11-12H,7-10H2. The number of aromatic nitrogens is 1. The van der Waals surface area contributed by atoms with Crippen molar-refractivity contribution in [3.8, 4) is 5.75 Å². The quantitative estimate of drug-likeness (QED) is 0.292. The van der Waals surface area contributed by atoms with Crippen LogP contribution in [0.2, 0.25) is 0 Å². The monoisotopic (exact) mass is 408 g/mol. The van der Waals surface area contributed by atoms with Crippen molar-refractivity contribution in [3.05, 3.63) is 64.5 Å². The molecule has 8 heteroatoms. The van der Waals surface area contributed by atoms with Gasteiger partial charge in [-0.05, 0) is 24.3 Å². The van der Waals surface area contributed by atoms with Crippen LogP contribution in [0.5, 0.6) is 5.75 Å². The van der Waals surface area contributed by atoms with Crippen LogP contribution < -0.4 is 15.3 Å². The van der Waals surface area contributed by atoms with Crippen LogP contribution in [0.3, 0.4) is 0 Å². The van der Waals surface area contributed by atoms with Crippen LogP contribution in [-0.2, 0) is 4.74 Å². The smallest absolute Gasteiger partial charge is 0.351 e. The summed E-state index contributed by atoms with van der Waals surface area (Å²) in [5.74, 6) is -0.394. The van der Waals surface area contributed by atoms with E-state index in [4.69, 9.17) is 13.9 Å². The SMILES string of the molecule is O=C(Oc1ccc2nc(N3CCOCC3)sc2c1)c1cc2ccccc2oc1=O. The largest absolute Gasteiger partial charge is 0.423 e. The average Bonchev–Trinajstić information content (AvgIpc) is 3.17. The molecule has 5 rings (SSSR count). The fraction of sp³-hybridized carbons (Fsp3) is 0.190. The molecule has 0 N–H and O–H groups in total. The first-order valence-corrected chi connectivity index (χ1v) is 9.97. The second-order valence-corrected chi connectivity index (χ2v) is 7.61. The number of esters is 1. The number of anilines is 1. The van der Waals surface area contributed by atoms with Crippen molar-refractivity contribution < 1.29 is 18.7 Å². The summed E-state index contributed by atoms with van der Waals surface area (Å²) < 4.78 is 16.9. The maximum atomic E-state index is 12.6. The van der Waals surface area contributed by atoms with Crippen molar-refractivity contribution in [1.29, 1.82) is 0 Å². The minimum absolute atomic E-state index is 0.137. The zero-order chi connectivity index (χ0) is 19.8. The zero-order valence-corrected chi connectivity index (χ0v) is 16.1. The molecular weight excluding hydrogens is 392 g/mol. The first-order chi connectivity index (χ1) is 14.2. The van der Waals surface area contributed by atoms with Crippen LogP contribution in [0.25, 0.3) is 21.2 Å². The van der Waals surface area contributed by atoms with E-state index in [1.54, 1.807) is 42.5 Å². The second kappa shape index (κ2) is 7.31. The van der Waals surface area contributed by atoms with Crippen LogP contribution in [0.1, 0.15) is 10.4 Å². The number of rotatable bonds is 3. The van der Waals surface area contributed by atoms with Gasteiger partial charge in [0.1, 0.15) is 16.9 Å². The van der Waals surface area contributed by atoms with Gasteiger partial charge in [-0.1, -0.05) is 29.5 Å². The Morgan fingerprint density at radius 2 is 1.93 bits per heavy atom. The number of hydrogen-bond donors (Lipinski definition) is 0. The Hall–Kier alpha value is -3.23. The topological polar surface area (TPSA) is 81.9 Å². The van der Waals surface area contributed by atoms with Gasteiger partial charge in [-0.25, -0.2) is 14.6 Å². The molecule has 1 aliphatic rings. The van der Waals surface area contributed by atoms with E-state index in [1.807, 2.05) is 0 Å². The molecule has 7 nitrogen and oxygen atoms in total. The highest BCUT2D eigenvalue weighted by molar-refractivity contribution is 7.22. The van der Waals surface area contributed by atoms with E-state index in [2.05, 4.69) is 9.88 Å². The van der Waals surface area contributed by atoms with E-state index in [0.29, 0.717) is 29.9 Å². The summed E-state index contributed by atoms with van der Waals surface area (Å²) in [5, 5.41) is 1.58. The van der Waals surface area contributed by atoms with Crippen molar-refractivity contribution in [3.63, 3.8) is 0 Å². The Bertz CT molecular complexity index is 1270. The molecule has 1 aliphatic heterocycles. The molecule has 1 fully saturated rings. The van der Waals surface area contributed by atoms with Gasteiger partial charge in [-0.15, -0.1) is 0 Å². The predicted octanol–water partition coefficient (Wildman–Crippen LogP) is 3.46. The lowest BCUT2D eigenvalue weighted by atomic mass is 10.2. The molecular formula is C21H16N2O5S. The highest BCUT2D eigenvalue weighted by atomic mass is 32.1. The number of nitrogens with zero attached hydrogens (tertiary/aromatic N) is 2. The van der Waals surface area contributed by atoms with Gasteiger partial charge in [0.2, 0.25) is 0 Å². The Morgan fingerprint density at radius 3 is 2.79 bits per heavy atom. The van der Waals surface area contributed by atoms with Crippen molar-refractivity contribution in [1.82, 2.24) is 4.98 Å². The van der Waals surface area contributed by atoms with Gasteiger partial charge >= 0.3 is 11.6 Å². The molecule has 0 aliphatic carbocycles. The van der Waals surface area contributed by atoms with Gasteiger partial charge in [0, 0.05) is 24.5 Å². The summed E-state index contributed by atoms with van der Waals surface area (Å²) >= 11 is 1.53. The third-order valence-electron chi connectivity index (χ3n) is 4.70. The first kappa shape index (κ1) is 17.8. The van der Waals surface area contributed by atoms with Crippen molar-refractivity contribution in [2.24, 2.45) is 0 Å². The molecule has 0 amide bonds. The number of ether oxygens (including phenoxy) is 2. The molecule has 0 saturated carbocycles. The molecule has 2 aromatic carbocycles. The fourth-order valence-electron chi connectivity index (χ4n) is 3.21. The number of hydrogen-bond acceptors (Lipinski definition) is 8. The van der Waals surface area contributed by atoms with Crippen molar-refractivity contribution >= 4 is 43.6 Å². The Morgan fingerprint density at radius 1 is 1.10 bits per heavy atom. The normalized spacial score (nSPS) is 14.4. The maximum Gasteiger partial charge on any atom is 0.351 e. The van der Waals surface area contributed by atoms with Crippen LogP contribution in [0, 0.1) is 0 Å². The lowest BCUT2D eigenvalue weighted by Crippen LogP contribution is -2.36. The van der Waals surface area contributed by atoms with E-state index in [-0.39, 0.29) is 5.56 Å². The number of para-hydroxylation sites is 1. The van der Waals surface area contributed by atoms with E-state index in [0.717, 1.165) is 28.4 Å². The van der Waals surface area contributed by atoms with Crippen LogP contribution in [-0.4, -0.2) is 37.3 Å². The number of fused-ring (bicyclic) bond motifs is 2. The van der Waals surface area contributed by atoms with Gasteiger partial charge in [0.25, 0.3) is 0 Å². The van der Waals surface area contributed by atoms with Crippen molar-refractivity contribution in [2.75, 3.05) is 31.2 Å². The molecule has 3 heterocycles. The van der Waals surface area contributed by atoms with E-state index in [9.17, 15) is 9.59 Å². The lowest BCUT2D eigenvalue weighted by Gasteiger charge is -2.25. The Labute approximate surface area is 169 Å². The van der Waals surface area contributed by atoms with Crippen LogP contribution in [0.15, 0.2) is 57.7 Å². The Balaban J connectivity index is 1.41. The molecule has 146 valence electrons. The number of carbonyl (C=O) groups excluding carboxylic acids is 1. The number of thiazole rings is 1. The van der Waals surface area contributed by atoms with E-state index >= 15 is 0 Å². The van der Waals surface area contributed by atoms with Gasteiger partial charge in [0.15, 0.2) is 5.13 Å². The summed E-state index contributed by atoms with van der Waals surface area (Å²) in [7, 11) is 0. The third-order valence-corrected chi connectivity index (χ3v) is 5.78. The van der Waals surface area contributed by atoms with Gasteiger partial charge in [-0.3, -0.25) is 0 Å². The molecule has 29 heavy (non-hydrogen) atoms. The average molecular weight is 408 g/mol. The summed E-state index contributed by atoms with van der Waals surface area (Å²) in [6, 6.07) is 13.7. The number of morpholine rings is 1. The molecule has 0 unspecified atom stereocenters. The highest BCUT2D eigenvalue weighted by Crippen LogP contribution is 2.32. The third kappa shape index (κ3) is 3.48. The predicted molar refractivity (Wildman–Crippen MR) is 110 cm³/mol. The van der Waals surface area contributed by atoms with E-state index in [1.165, 1.54) is 17.4 Å². The molecule has 0 spiro atoms. The van der Waals surface area contributed by atoms with Gasteiger partial charge in [-0.2, -0.15) is 0 Å². The highest BCUT2D eigenvalue weighted by Gasteiger charge is 2.18. The molecule has 0 bridgehead atoms. The minimum atomic E-state index is -0.748. The zero-order valence-electron chi connectivity index (χ0n) is 15.3. The molecule has 0 atom stereocenters. The number of carbonyl (C=O) groups is 1. The minimum Gasteiger partial charge on any atom is -0.423 e. The summed E-state index contributed by atoms with van der Waals surface area (Å²) in [4.78, 5) is 31.5. The summed E-state index contributed by atoms with van der Waals surface area (Å²) in [6.07, 6.45) is 0. The fourth-order valence-corrected chi connectivity index (χ4v) is 4.26. The summed E-state index contributed by atoms with van der Waals surface area (Å²) in [5.41, 5.74) is 0.404. The Kier molecular flexibility index (Phi) is 4.49. The molecule has 2 aromatic heterocycles. The molecule has 0 radical (unpaired) electrons. The van der Waals surface area contributed by atoms with Crippen molar-refractivity contribution in [2.45, 2.75) is 0 Å². The number of benzene rings is 2. The molecule has 4 aromatic rings.